The van der Waals surface area contributed by atoms with E-state index in [0.717, 1.165) is 11.3 Å². The molecule has 1 aromatic carbocycles. The molecule has 0 saturated heterocycles. The van der Waals surface area contributed by atoms with E-state index in [-0.39, 0.29) is 12.2 Å². The van der Waals surface area contributed by atoms with Gasteiger partial charge in [-0.25, -0.2) is 0 Å². The molecule has 0 aliphatic carbocycles. The summed E-state index contributed by atoms with van der Waals surface area (Å²) in [6.07, 6.45) is 1.71. The van der Waals surface area contributed by atoms with Crippen molar-refractivity contribution in [1.29, 1.82) is 0 Å². The average molecular weight is 329 g/mol. The molecule has 0 amide bonds. The number of ether oxygens (including phenoxy) is 1. The maximum Gasteiger partial charge on any atom is 0.309 e. The standard InChI is InChI=1S/C15H15N5O4/c1-10-13(20(21)22)8-16-19(10)9-15-18-17-14(24-15)7-11-3-5-12(23-2)6-4-11/h3-6,8H,7,9H2,1-2H3. The lowest BCUT2D eigenvalue weighted by Crippen LogP contribution is -2.04. The minimum Gasteiger partial charge on any atom is -0.497 e. The number of nitro groups is 1. The monoisotopic (exact) mass is 329 g/mol. The zero-order valence-corrected chi connectivity index (χ0v) is 13.2. The highest BCUT2D eigenvalue weighted by Crippen LogP contribution is 2.18. The number of rotatable bonds is 6. The van der Waals surface area contributed by atoms with E-state index in [9.17, 15) is 10.1 Å². The Hall–Kier alpha value is -3.23. The van der Waals surface area contributed by atoms with Crippen LogP contribution in [0, 0.1) is 17.0 Å². The molecule has 0 fully saturated rings. The summed E-state index contributed by atoms with van der Waals surface area (Å²) in [4.78, 5) is 10.4. The third-order valence-electron chi connectivity index (χ3n) is 3.58. The molecule has 0 bridgehead atoms. The van der Waals surface area contributed by atoms with Crippen LogP contribution >= 0.6 is 0 Å². The second kappa shape index (κ2) is 6.49. The fourth-order valence-corrected chi connectivity index (χ4v) is 2.25. The summed E-state index contributed by atoms with van der Waals surface area (Å²) in [6.45, 7) is 1.81. The first-order valence-corrected chi connectivity index (χ1v) is 7.18. The Bertz CT molecular complexity index is 853. The van der Waals surface area contributed by atoms with Gasteiger partial charge in [0.15, 0.2) is 0 Å². The third kappa shape index (κ3) is 3.24. The molecule has 9 nitrogen and oxygen atoms in total. The SMILES string of the molecule is COc1ccc(Cc2nnc(Cn3ncc([N+](=O)[O-])c3C)o2)cc1. The maximum absolute atomic E-state index is 10.8. The first kappa shape index (κ1) is 15.7. The fourth-order valence-electron chi connectivity index (χ4n) is 2.25. The van der Waals surface area contributed by atoms with Gasteiger partial charge in [-0.1, -0.05) is 12.1 Å². The average Bonchev–Trinajstić information content (AvgIpc) is 3.16. The summed E-state index contributed by atoms with van der Waals surface area (Å²) >= 11 is 0. The second-order valence-electron chi connectivity index (χ2n) is 5.14. The van der Waals surface area contributed by atoms with Gasteiger partial charge in [-0.15, -0.1) is 10.2 Å². The van der Waals surface area contributed by atoms with Crippen molar-refractivity contribution in [1.82, 2.24) is 20.0 Å². The number of benzene rings is 1. The van der Waals surface area contributed by atoms with Gasteiger partial charge in [-0.3, -0.25) is 14.8 Å². The van der Waals surface area contributed by atoms with Crippen LogP contribution < -0.4 is 4.74 Å². The van der Waals surface area contributed by atoms with Crippen LogP contribution in [0.1, 0.15) is 23.0 Å². The van der Waals surface area contributed by atoms with Crippen LogP contribution in [0.25, 0.3) is 0 Å². The van der Waals surface area contributed by atoms with E-state index >= 15 is 0 Å². The van der Waals surface area contributed by atoms with Crippen molar-refractivity contribution >= 4 is 5.69 Å². The molecule has 0 atom stereocenters. The summed E-state index contributed by atoms with van der Waals surface area (Å²) in [6, 6.07) is 7.56. The molecule has 0 saturated carbocycles. The zero-order valence-electron chi connectivity index (χ0n) is 13.2. The number of methoxy groups -OCH3 is 1. The third-order valence-corrected chi connectivity index (χ3v) is 3.58. The van der Waals surface area contributed by atoms with Crippen LogP contribution in [0.15, 0.2) is 34.9 Å². The quantitative estimate of drug-likeness (QED) is 0.503. The first-order chi connectivity index (χ1) is 11.6. The molecule has 3 aromatic rings. The fraction of sp³-hybridized carbons (Fsp3) is 0.267. The van der Waals surface area contributed by atoms with Crippen LogP contribution in [0.4, 0.5) is 5.69 Å². The molecule has 3 rings (SSSR count). The number of hydrogen-bond donors (Lipinski definition) is 0. The van der Waals surface area contributed by atoms with Gasteiger partial charge < -0.3 is 9.15 Å². The van der Waals surface area contributed by atoms with Gasteiger partial charge in [0.1, 0.15) is 24.2 Å². The van der Waals surface area contributed by atoms with Crippen LogP contribution in [-0.4, -0.2) is 32.0 Å². The van der Waals surface area contributed by atoms with E-state index in [1.807, 2.05) is 24.3 Å². The molecule has 0 aliphatic heterocycles. The Labute approximate surface area is 137 Å². The lowest BCUT2D eigenvalue weighted by Gasteiger charge is -2.01. The summed E-state index contributed by atoms with van der Waals surface area (Å²) in [5.41, 5.74) is 1.42. The summed E-state index contributed by atoms with van der Waals surface area (Å²) in [5, 5.41) is 22.8. The highest BCUT2D eigenvalue weighted by Gasteiger charge is 2.18. The van der Waals surface area contributed by atoms with Gasteiger partial charge in [0, 0.05) is 0 Å². The number of aromatic nitrogens is 4. The molecular weight excluding hydrogens is 314 g/mol. The molecule has 0 spiro atoms. The van der Waals surface area contributed by atoms with E-state index in [1.54, 1.807) is 14.0 Å². The highest BCUT2D eigenvalue weighted by molar-refractivity contribution is 5.31. The highest BCUT2D eigenvalue weighted by atomic mass is 16.6. The topological polar surface area (TPSA) is 109 Å². The smallest absolute Gasteiger partial charge is 0.309 e. The lowest BCUT2D eigenvalue weighted by atomic mass is 10.1. The molecule has 0 N–H and O–H groups in total. The maximum atomic E-state index is 10.8. The zero-order chi connectivity index (χ0) is 17.1. The Morgan fingerprint density at radius 1 is 1.25 bits per heavy atom. The molecule has 0 radical (unpaired) electrons. The summed E-state index contributed by atoms with van der Waals surface area (Å²) in [7, 11) is 1.61. The predicted octanol–water partition coefficient (Wildman–Crippen LogP) is 2.13. The first-order valence-electron chi connectivity index (χ1n) is 7.18. The molecular formula is C15H15N5O4. The minimum absolute atomic E-state index is 0.0343. The molecule has 2 aromatic heterocycles. The Morgan fingerprint density at radius 2 is 1.96 bits per heavy atom. The molecule has 0 aliphatic rings. The van der Waals surface area contributed by atoms with E-state index in [2.05, 4.69) is 15.3 Å². The summed E-state index contributed by atoms with van der Waals surface area (Å²) < 4.78 is 12.2. The second-order valence-corrected chi connectivity index (χ2v) is 5.14. The van der Waals surface area contributed by atoms with Crippen LogP contribution in [-0.2, 0) is 13.0 Å². The lowest BCUT2D eigenvalue weighted by molar-refractivity contribution is -0.385. The van der Waals surface area contributed by atoms with Gasteiger partial charge >= 0.3 is 5.69 Å². The molecule has 24 heavy (non-hydrogen) atoms. The Kier molecular flexibility index (Phi) is 4.23. The van der Waals surface area contributed by atoms with Crippen molar-refractivity contribution in [3.8, 4) is 5.75 Å². The van der Waals surface area contributed by atoms with Crippen LogP contribution in [0.5, 0.6) is 5.75 Å². The van der Waals surface area contributed by atoms with E-state index in [0.29, 0.717) is 23.9 Å². The predicted molar refractivity (Wildman–Crippen MR) is 82.8 cm³/mol. The van der Waals surface area contributed by atoms with Gasteiger partial charge in [0.05, 0.1) is 18.5 Å². The van der Waals surface area contributed by atoms with Gasteiger partial charge in [0.2, 0.25) is 11.8 Å². The molecule has 9 heteroatoms. The largest absolute Gasteiger partial charge is 0.497 e. The van der Waals surface area contributed by atoms with Crippen LogP contribution in [0.2, 0.25) is 0 Å². The number of nitrogens with zero attached hydrogens (tertiary/aromatic N) is 5. The van der Waals surface area contributed by atoms with Gasteiger partial charge in [-0.05, 0) is 24.6 Å². The van der Waals surface area contributed by atoms with Crippen LogP contribution in [0.3, 0.4) is 0 Å². The normalized spacial score (nSPS) is 10.8. The Morgan fingerprint density at radius 3 is 2.58 bits per heavy atom. The Balaban J connectivity index is 1.70. The van der Waals surface area contributed by atoms with Crippen molar-refractivity contribution < 1.29 is 14.1 Å². The van der Waals surface area contributed by atoms with Crippen molar-refractivity contribution in [2.75, 3.05) is 7.11 Å². The van der Waals surface area contributed by atoms with E-state index in [4.69, 9.17) is 9.15 Å². The number of hydrogen-bond acceptors (Lipinski definition) is 7. The molecule has 124 valence electrons. The van der Waals surface area contributed by atoms with E-state index in [1.165, 1.54) is 10.9 Å². The van der Waals surface area contributed by atoms with Crippen molar-refractivity contribution in [2.24, 2.45) is 0 Å². The minimum atomic E-state index is -0.470. The summed E-state index contributed by atoms with van der Waals surface area (Å²) in [5.74, 6) is 1.59. The van der Waals surface area contributed by atoms with E-state index < -0.39 is 4.92 Å². The molecule has 2 heterocycles. The molecule has 0 unspecified atom stereocenters. The van der Waals surface area contributed by atoms with Crippen molar-refractivity contribution in [3.63, 3.8) is 0 Å². The van der Waals surface area contributed by atoms with Crippen molar-refractivity contribution in [3.05, 3.63) is 63.6 Å². The van der Waals surface area contributed by atoms with Gasteiger partial charge in [-0.2, -0.15) is 5.10 Å². The van der Waals surface area contributed by atoms with Crippen molar-refractivity contribution in [2.45, 2.75) is 19.9 Å². The van der Waals surface area contributed by atoms with Gasteiger partial charge in [0.25, 0.3) is 0 Å².